The van der Waals surface area contributed by atoms with E-state index in [1.54, 1.807) is 0 Å². The van der Waals surface area contributed by atoms with E-state index in [-0.39, 0.29) is 11.4 Å². The molecule has 1 saturated heterocycles. The van der Waals surface area contributed by atoms with Crippen LogP contribution in [-0.2, 0) is 9.53 Å². The number of esters is 1. The van der Waals surface area contributed by atoms with Crippen molar-refractivity contribution in [3.05, 3.63) is 0 Å². The first-order valence-corrected chi connectivity index (χ1v) is 6.28. The molecule has 4 atom stereocenters. The van der Waals surface area contributed by atoms with Gasteiger partial charge in [-0.15, -0.1) is 0 Å². The Morgan fingerprint density at radius 2 is 2.31 bits per heavy atom. The molecule has 0 radical (unpaired) electrons. The molecule has 3 aliphatic rings. The Labute approximate surface area is 91.5 Å². The van der Waals surface area contributed by atoms with Crippen LogP contribution in [0.25, 0.3) is 0 Å². The molecule has 2 nitrogen and oxygen atoms in total. The molecule has 1 heterocycles. The number of rotatable bonds is 0. The molecule has 0 aromatic heterocycles. The van der Waals surface area contributed by atoms with Gasteiger partial charge < -0.3 is 4.74 Å². The van der Waals surface area contributed by atoms with Gasteiger partial charge in [0, 0.05) is 3.92 Å². The van der Waals surface area contributed by atoms with Crippen LogP contribution in [0.15, 0.2) is 0 Å². The van der Waals surface area contributed by atoms with Gasteiger partial charge in [0.25, 0.3) is 0 Å². The maximum absolute atomic E-state index is 11.7. The highest BCUT2D eigenvalue weighted by atomic mass is 127. The van der Waals surface area contributed by atoms with E-state index in [2.05, 4.69) is 22.6 Å². The van der Waals surface area contributed by atoms with Crippen molar-refractivity contribution >= 4 is 28.6 Å². The summed E-state index contributed by atoms with van der Waals surface area (Å²) < 4.78 is 5.87. The van der Waals surface area contributed by atoms with Crippen LogP contribution in [0.3, 0.4) is 0 Å². The van der Waals surface area contributed by atoms with Crippen LogP contribution >= 0.6 is 22.6 Å². The second-order valence-corrected chi connectivity index (χ2v) is 6.31. The molecule has 2 bridgehead atoms. The van der Waals surface area contributed by atoms with Crippen LogP contribution in [0.4, 0.5) is 0 Å². The lowest BCUT2D eigenvalue weighted by atomic mass is 9.72. The highest BCUT2D eigenvalue weighted by molar-refractivity contribution is 14.1. The number of carbonyl (C=O) groups is 1. The molecule has 0 aromatic carbocycles. The average molecular weight is 292 g/mol. The highest BCUT2D eigenvalue weighted by Gasteiger charge is 2.61. The molecule has 2 aliphatic carbocycles. The van der Waals surface area contributed by atoms with E-state index in [0.29, 0.717) is 12.5 Å². The van der Waals surface area contributed by atoms with E-state index in [1.165, 1.54) is 12.8 Å². The molecule has 72 valence electrons. The third kappa shape index (κ3) is 0.969. The molecule has 0 aromatic rings. The van der Waals surface area contributed by atoms with E-state index in [0.717, 1.165) is 22.7 Å². The number of hydrogen-bond donors (Lipinski definition) is 0. The molecule has 1 spiro atoms. The quantitative estimate of drug-likeness (QED) is 0.388. The normalized spacial score (nSPS) is 53.3. The molecule has 0 N–H and O–H groups in total. The molecule has 0 amide bonds. The van der Waals surface area contributed by atoms with Crippen LogP contribution in [0.1, 0.15) is 25.7 Å². The smallest absolute Gasteiger partial charge is 0.312 e. The Bertz CT molecular complexity index is 266. The van der Waals surface area contributed by atoms with E-state index in [9.17, 15) is 4.79 Å². The summed E-state index contributed by atoms with van der Waals surface area (Å²) in [6, 6.07) is 0. The van der Waals surface area contributed by atoms with Gasteiger partial charge in [-0.05, 0) is 37.5 Å². The first-order chi connectivity index (χ1) is 6.22. The summed E-state index contributed by atoms with van der Waals surface area (Å²) in [5.74, 6) is 1.56. The van der Waals surface area contributed by atoms with Crippen molar-refractivity contribution in [1.82, 2.24) is 0 Å². The van der Waals surface area contributed by atoms with Crippen molar-refractivity contribution in [3.8, 4) is 0 Å². The van der Waals surface area contributed by atoms with Gasteiger partial charge in [0.15, 0.2) is 0 Å². The number of halogens is 1. The van der Waals surface area contributed by atoms with E-state index >= 15 is 0 Å². The van der Waals surface area contributed by atoms with Crippen LogP contribution in [-0.4, -0.2) is 16.5 Å². The van der Waals surface area contributed by atoms with Gasteiger partial charge in [-0.2, -0.15) is 0 Å². The van der Waals surface area contributed by atoms with Gasteiger partial charge in [-0.1, -0.05) is 22.6 Å². The fourth-order valence-electron chi connectivity index (χ4n) is 3.58. The van der Waals surface area contributed by atoms with E-state index in [4.69, 9.17) is 4.74 Å². The Hall–Kier alpha value is 0.200. The van der Waals surface area contributed by atoms with Crippen molar-refractivity contribution in [2.75, 3.05) is 6.61 Å². The minimum absolute atomic E-state index is 0.0330. The minimum atomic E-state index is -0.0330. The number of alkyl halides is 1. The lowest BCUT2D eigenvalue weighted by Crippen LogP contribution is -2.37. The first-order valence-electron chi connectivity index (χ1n) is 5.04. The van der Waals surface area contributed by atoms with Crippen molar-refractivity contribution in [2.24, 2.45) is 17.3 Å². The summed E-state index contributed by atoms with van der Waals surface area (Å²) in [6.07, 6.45) is 4.73. The van der Waals surface area contributed by atoms with Gasteiger partial charge in [0.2, 0.25) is 0 Å². The summed E-state index contributed by atoms with van der Waals surface area (Å²) in [4.78, 5) is 11.7. The van der Waals surface area contributed by atoms with Crippen LogP contribution in [0.5, 0.6) is 0 Å². The Morgan fingerprint density at radius 3 is 2.85 bits per heavy atom. The third-order valence-electron chi connectivity index (χ3n) is 4.13. The predicted octanol–water partition coefficient (Wildman–Crippen LogP) is 2.15. The van der Waals surface area contributed by atoms with Crippen molar-refractivity contribution in [1.29, 1.82) is 0 Å². The molecular weight excluding hydrogens is 279 g/mol. The van der Waals surface area contributed by atoms with Crippen molar-refractivity contribution in [3.63, 3.8) is 0 Å². The van der Waals surface area contributed by atoms with Gasteiger partial charge in [-0.25, -0.2) is 0 Å². The fraction of sp³-hybridized carbons (Fsp3) is 0.900. The molecule has 1 aliphatic heterocycles. The third-order valence-corrected chi connectivity index (χ3v) is 5.51. The van der Waals surface area contributed by atoms with Crippen LogP contribution in [0.2, 0.25) is 0 Å². The van der Waals surface area contributed by atoms with Crippen LogP contribution in [0, 0.1) is 17.3 Å². The highest BCUT2D eigenvalue weighted by Crippen LogP contribution is 2.61. The maximum atomic E-state index is 11.7. The first kappa shape index (κ1) is 8.50. The molecule has 3 rings (SSSR count). The number of carbonyl (C=O) groups excluding carboxylic acids is 1. The van der Waals surface area contributed by atoms with Crippen LogP contribution < -0.4 is 0 Å². The lowest BCUT2D eigenvalue weighted by molar-refractivity contribution is -0.148. The minimum Gasteiger partial charge on any atom is -0.465 e. The summed E-state index contributed by atoms with van der Waals surface area (Å²) in [5.41, 5.74) is -0.0330. The molecule has 4 unspecified atom stereocenters. The number of cyclic esters (lactones) is 1. The number of fused-ring (bicyclic) bond motifs is 3. The Morgan fingerprint density at radius 1 is 1.46 bits per heavy atom. The zero-order chi connectivity index (χ0) is 9.05. The topological polar surface area (TPSA) is 26.3 Å². The summed E-state index contributed by atoms with van der Waals surface area (Å²) in [5, 5.41) is 0. The number of hydrogen-bond acceptors (Lipinski definition) is 2. The summed E-state index contributed by atoms with van der Waals surface area (Å²) in [7, 11) is 0. The SMILES string of the molecule is O=C1OCCC12CC1CC(I)C2C1. The molecule has 2 saturated carbocycles. The second kappa shape index (κ2) is 2.61. The zero-order valence-electron chi connectivity index (χ0n) is 7.46. The number of ether oxygens (including phenoxy) is 1. The van der Waals surface area contributed by atoms with Gasteiger partial charge in [-0.3, -0.25) is 4.79 Å². The monoisotopic (exact) mass is 292 g/mol. The zero-order valence-corrected chi connectivity index (χ0v) is 9.62. The van der Waals surface area contributed by atoms with Gasteiger partial charge in [0.1, 0.15) is 0 Å². The van der Waals surface area contributed by atoms with Gasteiger partial charge >= 0.3 is 5.97 Å². The Kier molecular flexibility index (Phi) is 1.71. The Balaban J connectivity index is 1.97. The summed E-state index contributed by atoms with van der Waals surface area (Å²) in [6.45, 7) is 0.672. The van der Waals surface area contributed by atoms with E-state index in [1.807, 2.05) is 0 Å². The molecule has 13 heavy (non-hydrogen) atoms. The second-order valence-electron chi connectivity index (χ2n) is 4.71. The standard InChI is InChI=1S/C10H13IO2/c11-8-4-6-3-7(8)10(5-6)1-2-13-9(10)12/h6-8H,1-5H2. The fourth-order valence-corrected chi connectivity index (χ4v) is 5.29. The average Bonchev–Trinajstić information content (AvgIpc) is 2.69. The molecule has 3 fully saturated rings. The largest absolute Gasteiger partial charge is 0.465 e. The van der Waals surface area contributed by atoms with Crippen molar-refractivity contribution < 1.29 is 9.53 Å². The summed E-state index contributed by atoms with van der Waals surface area (Å²) >= 11 is 2.53. The lowest BCUT2D eigenvalue weighted by Gasteiger charge is -2.32. The predicted molar refractivity (Wildman–Crippen MR) is 56.6 cm³/mol. The van der Waals surface area contributed by atoms with E-state index < -0.39 is 0 Å². The molecular formula is C10H13IO2. The van der Waals surface area contributed by atoms with Gasteiger partial charge in [0.05, 0.1) is 12.0 Å². The van der Waals surface area contributed by atoms with Crippen molar-refractivity contribution in [2.45, 2.75) is 29.6 Å². The molecule has 3 heteroatoms. The maximum Gasteiger partial charge on any atom is 0.312 e.